The number of nitrogens with two attached hydrogens (primary N) is 1. The van der Waals surface area contributed by atoms with Crippen molar-refractivity contribution >= 4 is 23.2 Å². The van der Waals surface area contributed by atoms with Gasteiger partial charge in [-0.25, -0.2) is 0 Å². The molecule has 1 aromatic rings. The number of amides is 1. The van der Waals surface area contributed by atoms with E-state index in [1.165, 1.54) is 0 Å². The minimum absolute atomic E-state index is 0.0122. The third-order valence-electron chi connectivity index (χ3n) is 2.63. The minimum atomic E-state index is 0.0122. The second-order valence-corrected chi connectivity index (χ2v) is 4.20. The van der Waals surface area contributed by atoms with E-state index < -0.39 is 0 Å². The van der Waals surface area contributed by atoms with Gasteiger partial charge >= 0.3 is 0 Å². The number of carbonyl (C=O) groups is 1. The Hall–Kier alpha value is -1.26. The lowest BCUT2D eigenvalue weighted by Gasteiger charge is -2.23. The van der Waals surface area contributed by atoms with Crippen molar-refractivity contribution in [2.45, 2.75) is 13.0 Å². The lowest BCUT2D eigenvalue weighted by atomic mass is 10.1. The Morgan fingerprint density at radius 3 is 2.82 bits per heavy atom. The Bertz CT molecular complexity index is 395. The zero-order valence-corrected chi connectivity index (χ0v) is 10.9. The quantitative estimate of drug-likeness (QED) is 0.836. The van der Waals surface area contributed by atoms with Gasteiger partial charge in [0.25, 0.3) is 0 Å². The fourth-order valence-corrected chi connectivity index (χ4v) is 2.00. The van der Waals surface area contributed by atoms with Gasteiger partial charge in [0.05, 0.1) is 10.7 Å². The first-order valence-electron chi connectivity index (χ1n) is 5.49. The van der Waals surface area contributed by atoms with Crippen LogP contribution >= 0.6 is 11.6 Å². The van der Waals surface area contributed by atoms with Gasteiger partial charge in [-0.1, -0.05) is 23.7 Å². The lowest BCUT2D eigenvalue weighted by molar-refractivity contribution is -0.120. The van der Waals surface area contributed by atoms with Crippen LogP contribution in [0.5, 0.6) is 0 Å². The van der Waals surface area contributed by atoms with Gasteiger partial charge in [0.2, 0.25) is 5.91 Å². The molecule has 0 spiro atoms. The highest BCUT2D eigenvalue weighted by Gasteiger charge is 2.11. The van der Waals surface area contributed by atoms with Crippen LogP contribution < -0.4 is 16.0 Å². The van der Waals surface area contributed by atoms with E-state index in [1.54, 1.807) is 7.05 Å². The maximum Gasteiger partial charge on any atom is 0.221 e. The average molecular weight is 256 g/mol. The molecule has 0 unspecified atom stereocenters. The van der Waals surface area contributed by atoms with Crippen molar-refractivity contribution in [3.05, 3.63) is 28.8 Å². The number of hydrogen-bond donors (Lipinski definition) is 2. The summed E-state index contributed by atoms with van der Waals surface area (Å²) < 4.78 is 0. The molecule has 0 aliphatic rings. The zero-order valence-electron chi connectivity index (χ0n) is 10.2. The van der Waals surface area contributed by atoms with Crippen molar-refractivity contribution in [1.29, 1.82) is 0 Å². The van der Waals surface area contributed by atoms with Crippen molar-refractivity contribution in [2.24, 2.45) is 5.73 Å². The van der Waals surface area contributed by atoms with Crippen LogP contribution in [0.25, 0.3) is 0 Å². The summed E-state index contributed by atoms with van der Waals surface area (Å²) >= 11 is 6.15. The molecule has 1 amide bonds. The fraction of sp³-hybridized carbons (Fsp3) is 0.417. The first kappa shape index (κ1) is 13.8. The van der Waals surface area contributed by atoms with Crippen molar-refractivity contribution in [2.75, 3.05) is 25.5 Å². The first-order valence-corrected chi connectivity index (χ1v) is 5.87. The second-order valence-electron chi connectivity index (χ2n) is 3.80. The molecule has 5 heteroatoms. The van der Waals surface area contributed by atoms with Crippen LogP contribution in [0, 0.1) is 0 Å². The van der Waals surface area contributed by atoms with Crippen LogP contribution in [0.3, 0.4) is 0 Å². The van der Waals surface area contributed by atoms with E-state index in [0.717, 1.165) is 11.3 Å². The molecule has 1 aromatic carbocycles. The molecule has 0 saturated heterocycles. The second kappa shape index (κ2) is 6.47. The molecular formula is C12H18ClN3O. The van der Waals surface area contributed by atoms with E-state index in [0.29, 0.717) is 24.5 Å². The standard InChI is InChI=1S/C12H18ClN3O/c1-15-11(17)6-7-16(2)12-9(8-14)4-3-5-10(12)13/h3-5H,6-8,14H2,1-2H3,(H,15,17). The van der Waals surface area contributed by atoms with Crippen molar-refractivity contribution < 1.29 is 4.79 Å². The largest absolute Gasteiger partial charge is 0.373 e. The zero-order chi connectivity index (χ0) is 12.8. The molecule has 0 atom stereocenters. The topological polar surface area (TPSA) is 58.4 Å². The third kappa shape index (κ3) is 3.61. The van der Waals surface area contributed by atoms with E-state index in [1.807, 2.05) is 30.1 Å². The normalized spacial score (nSPS) is 10.1. The lowest BCUT2D eigenvalue weighted by Crippen LogP contribution is -2.27. The summed E-state index contributed by atoms with van der Waals surface area (Å²) in [5.41, 5.74) is 7.56. The maximum atomic E-state index is 11.2. The Morgan fingerprint density at radius 1 is 1.53 bits per heavy atom. The SMILES string of the molecule is CNC(=O)CCN(C)c1c(Cl)cccc1CN. The van der Waals surface area contributed by atoms with Gasteiger partial charge in [0.15, 0.2) is 0 Å². The van der Waals surface area contributed by atoms with Crippen LogP contribution in [0.2, 0.25) is 5.02 Å². The summed E-state index contributed by atoms with van der Waals surface area (Å²) in [7, 11) is 3.53. The number of benzene rings is 1. The Labute approximate surface area is 107 Å². The van der Waals surface area contributed by atoms with Crippen LogP contribution in [0.4, 0.5) is 5.69 Å². The Kier molecular flexibility index (Phi) is 5.25. The van der Waals surface area contributed by atoms with Crippen LogP contribution in [0.1, 0.15) is 12.0 Å². The van der Waals surface area contributed by atoms with E-state index in [-0.39, 0.29) is 5.91 Å². The molecule has 17 heavy (non-hydrogen) atoms. The summed E-state index contributed by atoms with van der Waals surface area (Å²) in [4.78, 5) is 13.1. The summed E-state index contributed by atoms with van der Waals surface area (Å²) in [5, 5.41) is 3.25. The minimum Gasteiger partial charge on any atom is -0.373 e. The molecule has 0 fully saturated rings. The van der Waals surface area contributed by atoms with Gasteiger partial charge in [-0.05, 0) is 11.6 Å². The molecule has 4 nitrogen and oxygen atoms in total. The number of hydrogen-bond acceptors (Lipinski definition) is 3. The number of carbonyl (C=O) groups excluding carboxylic acids is 1. The van der Waals surface area contributed by atoms with E-state index >= 15 is 0 Å². The van der Waals surface area contributed by atoms with Gasteiger partial charge in [-0.3, -0.25) is 4.79 Å². The molecule has 0 bridgehead atoms. The molecule has 0 aliphatic heterocycles. The number of anilines is 1. The summed E-state index contributed by atoms with van der Waals surface area (Å²) in [6.45, 7) is 1.04. The molecular weight excluding hydrogens is 238 g/mol. The number of para-hydroxylation sites is 1. The van der Waals surface area contributed by atoms with Gasteiger partial charge in [-0.15, -0.1) is 0 Å². The monoisotopic (exact) mass is 255 g/mol. The molecule has 0 heterocycles. The number of halogens is 1. The summed E-state index contributed by atoms with van der Waals surface area (Å²) in [5.74, 6) is 0.0122. The van der Waals surface area contributed by atoms with Gasteiger partial charge in [0, 0.05) is 33.6 Å². The van der Waals surface area contributed by atoms with E-state index in [2.05, 4.69) is 5.32 Å². The Morgan fingerprint density at radius 2 is 2.24 bits per heavy atom. The highest BCUT2D eigenvalue weighted by Crippen LogP contribution is 2.28. The maximum absolute atomic E-state index is 11.2. The van der Waals surface area contributed by atoms with Gasteiger partial charge in [-0.2, -0.15) is 0 Å². The van der Waals surface area contributed by atoms with E-state index in [4.69, 9.17) is 17.3 Å². The molecule has 3 N–H and O–H groups in total. The van der Waals surface area contributed by atoms with Crippen molar-refractivity contribution in [1.82, 2.24) is 5.32 Å². The molecule has 0 radical (unpaired) electrons. The van der Waals surface area contributed by atoms with Crippen LogP contribution in [0.15, 0.2) is 18.2 Å². The van der Waals surface area contributed by atoms with E-state index in [9.17, 15) is 4.79 Å². The molecule has 1 rings (SSSR count). The molecule has 0 aliphatic carbocycles. The summed E-state index contributed by atoms with van der Waals surface area (Å²) in [6.07, 6.45) is 0.433. The average Bonchev–Trinajstić information content (AvgIpc) is 2.34. The smallest absolute Gasteiger partial charge is 0.221 e. The predicted octanol–water partition coefficient (Wildman–Crippen LogP) is 1.37. The number of nitrogens with one attached hydrogen (secondary N) is 1. The number of rotatable bonds is 5. The third-order valence-corrected chi connectivity index (χ3v) is 2.93. The molecule has 94 valence electrons. The Balaban J connectivity index is 2.80. The molecule has 0 saturated carbocycles. The fourth-order valence-electron chi connectivity index (χ4n) is 1.66. The number of nitrogens with zero attached hydrogens (tertiary/aromatic N) is 1. The van der Waals surface area contributed by atoms with Crippen molar-refractivity contribution in [3.8, 4) is 0 Å². The highest BCUT2D eigenvalue weighted by atomic mass is 35.5. The predicted molar refractivity (Wildman–Crippen MR) is 71.3 cm³/mol. The van der Waals surface area contributed by atoms with Crippen LogP contribution in [-0.2, 0) is 11.3 Å². The van der Waals surface area contributed by atoms with Gasteiger partial charge < -0.3 is 16.0 Å². The molecule has 0 aromatic heterocycles. The first-order chi connectivity index (χ1) is 8.10. The highest BCUT2D eigenvalue weighted by molar-refractivity contribution is 6.33. The van der Waals surface area contributed by atoms with Crippen LogP contribution in [-0.4, -0.2) is 26.5 Å². The van der Waals surface area contributed by atoms with Crippen molar-refractivity contribution in [3.63, 3.8) is 0 Å². The van der Waals surface area contributed by atoms with Gasteiger partial charge in [0.1, 0.15) is 0 Å². The summed E-state index contributed by atoms with van der Waals surface area (Å²) in [6, 6.07) is 5.64.